The van der Waals surface area contributed by atoms with Crippen LogP contribution in [0.1, 0.15) is 25.5 Å². The first-order valence-electron chi connectivity index (χ1n) is 7.62. The number of sulfonamides is 1. The molecule has 0 saturated heterocycles. The van der Waals surface area contributed by atoms with E-state index in [0.717, 1.165) is 5.56 Å². The molecule has 0 spiro atoms. The third-order valence-electron chi connectivity index (χ3n) is 3.44. The van der Waals surface area contributed by atoms with Crippen molar-refractivity contribution in [2.45, 2.75) is 19.9 Å². The van der Waals surface area contributed by atoms with Gasteiger partial charge in [0.1, 0.15) is 0 Å². The van der Waals surface area contributed by atoms with Crippen LogP contribution in [0.15, 0.2) is 54.6 Å². The average Bonchev–Trinajstić information content (AvgIpc) is 2.56. The third-order valence-corrected chi connectivity index (χ3v) is 4.91. The van der Waals surface area contributed by atoms with Gasteiger partial charge in [0.05, 0.1) is 5.75 Å². The predicted octanol–water partition coefficient (Wildman–Crippen LogP) is 3.33. The third kappa shape index (κ3) is 5.36. The van der Waals surface area contributed by atoms with Gasteiger partial charge >= 0.3 is 6.03 Å². The zero-order valence-corrected chi connectivity index (χ0v) is 14.4. The number of nitrogens with one attached hydrogen (secondary N) is 3. The molecule has 128 valence electrons. The van der Waals surface area contributed by atoms with Gasteiger partial charge in [0, 0.05) is 17.4 Å². The van der Waals surface area contributed by atoms with Gasteiger partial charge in [-0.2, -0.15) is 0 Å². The SMILES string of the molecule is CCS(=O)(=O)N[C@@H](C)c1ccc(NC(=O)Nc2ccccc2)cc1. The molecule has 0 saturated carbocycles. The Hall–Kier alpha value is -2.38. The van der Waals surface area contributed by atoms with Gasteiger partial charge in [-0.15, -0.1) is 0 Å². The van der Waals surface area contributed by atoms with Crippen LogP contribution in [0.4, 0.5) is 16.2 Å². The molecule has 0 fully saturated rings. The Morgan fingerprint density at radius 3 is 2.04 bits per heavy atom. The van der Waals surface area contributed by atoms with Crippen LogP contribution in [0, 0.1) is 0 Å². The zero-order chi connectivity index (χ0) is 17.6. The number of benzene rings is 2. The number of amides is 2. The second-order valence-electron chi connectivity index (χ2n) is 5.31. The average molecular weight is 347 g/mol. The van der Waals surface area contributed by atoms with Gasteiger partial charge in [0.25, 0.3) is 0 Å². The summed E-state index contributed by atoms with van der Waals surface area (Å²) in [5, 5.41) is 5.45. The van der Waals surface area contributed by atoms with Crippen LogP contribution in [-0.2, 0) is 10.0 Å². The Morgan fingerprint density at radius 2 is 1.50 bits per heavy atom. The fourth-order valence-electron chi connectivity index (χ4n) is 2.09. The molecular formula is C17H21N3O3S. The highest BCUT2D eigenvalue weighted by Crippen LogP contribution is 2.17. The number of hydrogen-bond acceptors (Lipinski definition) is 3. The van der Waals surface area contributed by atoms with Crippen molar-refractivity contribution in [2.24, 2.45) is 0 Å². The smallest absolute Gasteiger partial charge is 0.308 e. The number of carbonyl (C=O) groups is 1. The molecule has 7 heteroatoms. The van der Waals surface area contributed by atoms with Gasteiger partial charge in [0.2, 0.25) is 10.0 Å². The summed E-state index contributed by atoms with van der Waals surface area (Å²) >= 11 is 0. The molecule has 2 rings (SSSR count). The number of carbonyl (C=O) groups excluding carboxylic acids is 1. The molecule has 0 heterocycles. The molecule has 2 aromatic carbocycles. The summed E-state index contributed by atoms with van der Waals surface area (Å²) in [5.41, 5.74) is 2.15. The highest BCUT2D eigenvalue weighted by Gasteiger charge is 2.13. The molecule has 0 aliphatic carbocycles. The number of hydrogen-bond donors (Lipinski definition) is 3. The van der Waals surface area contributed by atoms with Gasteiger partial charge in [-0.05, 0) is 43.7 Å². The van der Waals surface area contributed by atoms with Gasteiger partial charge in [-0.1, -0.05) is 30.3 Å². The van der Waals surface area contributed by atoms with Crippen molar-refractivity contribution < 1.29 is 13.2 Å². The highest BCUT2D eigenvalue weighted by atomic mass is 32.2. The highest BCUT2D eigenvalue weighted by molar-refractivity contribution is 7.89. The van der Waals surface area contributed by atoms with Crippen molar-refractivity contribution in [3.05, 3.63) is 60.2 Å². The van der Waals surface area contributed by atoms with Crippen LogP contribution in [0.2, 0.25) is 0 Å². The Bertz CT molecular complexity index is 774. The van der Waals surface area contributed by atoms with Gasteiger partial charge in [0.15, 0.2) is 0 Å². The van der Waals surface area contributed by atoms with Crippen LogP contribution >= 0.6 is 0 Å². The van der Waals surface area contributed by atoms with E-state index < -0.39 is 10.0 Å². The summed E-state index contributed by atoms with van der Waals surface area (Å²) in [6.45, 7) is 3.37. The second-order valence-corrected chi connectivity index (χ2v) is 7.35. The van der Waals surface area contributed by atoms with Crippen LogP contribution in [-0.4, -0.2) is 20.2 Å². The summed E-state index contributed by atoms with van der Waals surface area (Å²) in [6, 6.07) is 15.5. The quantitative estimate of drug-likeness (QED) is 0.749. The lowest BCUT2D eigenvalue weighted by Crippen LogP contribution is -2.28. The molecular weight excluding hydrogens is 326 g/mol. The summed E-state index contributed by atoms with van der Waals surface area (Å²) in [5.74, 6) is 0.0383. The molecule has 2 aromatic rings. The largest absolute Gasteiger partial charge is 0.323 e. The Balaban J connectivity index is 1.95. The minimum absolute atomic E-state index is 0.0383. The van der Waals surface area contributed by atoms with E-state index in [-0.39, 0.29) is 17.8 Å². The molecule has 3 N–H and O–H groups in total. The predicted molar refractivity (Wildman–Crippen MR) is 96.5 cm³/mol. The molecule has 0 aliphatic heterocycles. The van der Waals surface area contributed by atoms with Crippen LogP contribution in [0.3, 0.4) is 0 Å². The number of para-hydroxylation sites is 1. The van der Waals surface area contributed by atoms with E-state index in [1.54, 1.807) is 50.2 Å². The summed E-state index contributed by atoms with van der Waals surface area (Å²) in [6.07, 6.45) is 0. The number of anilines is 2. The lowest BCUT2D eigenvalue weighted by atomic mass is 10.1. The first-order chi connectivity index (χ1) is 11.4. The lowest BCUT2D eigenvalue weighted by Gasteiger charge is -2.14. The van der Waals surface area contributed by atoms with Crippen molar-refractivity contribution in [2.75, 3.05) is 16.4 Å². The van der Waals surface area contributed by atoms with Gasteiger partial charge in [-0.25, -0.2) is 17.9 Å². The standard InChI is InChI=1S/C17H21N3O3S/c1-3-24(22,23)20-13(2)14-9-11-16(12-10-14)19-17(21)18-15-7-5-4-6-8-15/h4-13,20H,3H2,1-2H3,(H2,18,19,21)/t13-/m0/s1. The van der Waals surface area contributed by atoms with E-state index in [0.29, 0.717) is 11.4 Å². The van der Waals surface area contributed by atoms with Crippen molar-refractivity contribution in [3.63, 3.8) is 0 Å². The molecule has 0 aromatic heterocycles. The van der Waals surface area contributed by atoms with E-state index in [2.05, 4.69) is 15.4 Å². The van der Waals surface area contributed by atoms with Crippen LogP contribution < -0.4 is 15.4 Å². The summed E-state index contributed by atoms with van der Waals surface area (Å²) < 4.78 is 25.8. The van der Waals surface area contributed by atoms with E-state index in [9.17, 15) is 13.2 Å². The monoisotopic (exact) mass is 347 g/mol. The molecule has 6 nitrogen and oxygen atoms in total. The van der Waals surface area contributed by atoms with E-state index in [1.165, 1.54) is 0 Å². The minimum atomic E-state index is -3.26. The van der Waals surface area contributed by atoms with E-state index in [4.69, 9.17) is 0 Å². The topological polar surface area (TPSA) is 87.3 Å². The Labute approximate surface area is 142 Å². The van der Waals surface area contributed by atoms with Crippen LogP contribution in [0.25, 0.3) is 0 Å². The maximum absolute atomic E-state index is 11.9. The minimum Gasteiger partial charge on any atom is -0.308 e. The molecule has 0 bridgehead atoms. The summed E-state index contributed by atoms with van der Waals surface area (Å²) in [7, 11) is -3.26. The first kappa shape index (κ1) is 18.0. The normalized spacial score (nSPS) is 12.4. The maximum Gasteiger partial charge on any atom is 0.323 e. The molecule has 2 amide bonds. The second kappa shape index (κ2) is 7.94. The molecule has 1 atom stereocenters. The van der Waals surface area contributed by atoms with Gasteiger partial charge in [-0.3, -0.25) is 0 Å². The molecule has 0 unspecified atom stereocenters. The van der Waals surface area contributed by atoms with Crippen molar-refractivity contribution in [3.8, 4) is 0 Å². The number of rotatable bonds is 6. The molecule has 24 heavy (non-hydrogen) atoms. The lowest BCUT2D eigenvalue weighted by molar-refractivity contribution is 0.262. The van der Waals surface area contributed by atoms with E-state index in [1.807, 2.05) is 18.2 Å². The fourth-order valence-corrected chi connectivity index (χ4v) is 2.93. The van der Waals surface area contributed by atoms with Crippen molar-refractivity contribution in [1.82, 2.24) is 4.72 Å². The molecule has 0 radical (unpaired) electrons. The first-order valence-corrected chi connectivity index (χ1v) is 9.28. The van der Waals surface area contributed by atoms with E-state index >= 15 is 0 Å². The van der Waals surface area contributed by atoms with Gasteiger partial charge < -0.3 is 10.6 Å². The molecule has 0 aliphatic rings. The fraction of sp³-hybridized carbons (Fsp3) is 0.235. The number of urea groups is 1. The van der Waals surface area contributed by atoms with Crippen LogP contribution in [0.5, 0.6) is 0 Å². The Morgan fingerprint density at radius 1 is 0.958 bits per heavy atom. The zero-order valence-electron chi connectivity index (χ0n) is 13.6. The maximum atomic E-state index is 11.9. The Kier molecular flexibility index (Phi) is 5.94. The summed E-state index contributed by atoms with van der Waals surface area (Å²) in [4.78, 5) is 11.9. The van der Waals surface area contributed by atoms with Crippen molar-refractivity contribution >= 4 is 27.4 Å². The van der Waals surface area contributed by atoms with Crippen molar-refractivity contribution in [1.29, 1.82) is 0 Å².